The first-order valence-corrected chi connectivity index (χ1v) is 11.2. The lowest BCUT2D eigenvalue weighted by Gasteiger charge is -2.27. The lowest BCUT2D eigenvalue weighted by atomic mass is 9.87. The molecule has 0 aromatic heterocycles. The van der Waals surface area contributed by atoms with Gasteiger partial charge < -0.3 is 30.9 Å². The predicted octanol–water partition coefficient (Wildman–Crippen LogP) is 0.889. The third-order valence-corrected chi connectivity index (χ3v) is 5.23. The maximum absolute atomic E-state index is 12.8. The quantitative estimate of drug-likeness (QED) is 0.169. The lowest BCUT2D eigenvalue weighted by Crippen LogP contribution is -2.56. The molecule has 5 N–H and O–H groups in total. The molecule has 0 aliphatic heterocycles. The number of alkyl carbamates (subject to hydrolysis) is 1. The second-order valence-electron chi connectivity index (χ2n) is 7.79. The van der Waals surface area contributed by atoms with Crippen molar-refractivity contribution >= 4 is 29.6 Å². The molecule has 0 fully saturated rings. The topological polar surface area (TPSA) is 200 Å². The molecule has 3 amide bonds. The van der Waals surface area contributed by atoms with Gasteiger partial charge in [-0.05, 0) is 18.1 Å². The van der Waals surface area contributed by atoms with Gasteiger partial charge in [-0.2, -0.15) is 0 Å². The van der Waals surface area contributed by atoms with Crippen LogP contribution in [0, 0.1) is 10.1 Å². The van der Waals surface area contributed by atoms with Crippen LogP contribution in [0.2, 0.25) is 0 Å². The Bertz CT molecular complexity index is 1090. The smallest absolute Gasteiger partial charge is 0.408 e. The summed E-state index contributed by atoms with van der Waals surface area (Å²) in [5, 5.41) is 25.2. The lowest BCUT2D eigenvalue weighted by molar-refractivity contribution is -0.384. The van der Waals surface area contributed by atoms with E-state index in [9.17, 15) is 34.4 Å². The zero-order valence-corrected chi connectivity index (χ0v) is 20.0. The summed E-state index contributed by atoms with van der Waals surface area (Å²) in [6.45, 7) is 0.720. The number of esters is 1. The Morgan fingerprint density at radius 2 is 1.68 bits per heavy atom. The minimum Gasteiger partial charge on any atom is -0.466 e. The summed E-state index contributed by atoms with van der Waals surface area (Å²) in [4.78, 5) is 59.9. The van der Waals surface area contributed by atoms with Crippen LogP contribution in [0.3, 0.4) is 0 Å². The van der Waals surface area contributed by atoms with Gasteiger partial charge in [-0.25, -0.2) is 4.79 Å². The first-order chi connectivity index (χ1) is 17.7. The van der Waals surface area contributed by atoms with E-state index >= 15 is 0 Å². The number of nitro benzene ring substituents is 1. The fourth-order valence-corrected chi connectivity index (χ4v) is 3.40. The number of carbonyl (C=O) groups excluding carboxylic acids is 4. The summed E-state index contributed by atoms with van der Waals surface area (Å²) in [5.74, 6) is -3.76. The summed E-state index contributed by atoms with van der Waals surface area (Å²) in [7, 11) is 0. The van der Waals surface area contributed by atoms with E-state index in [1.807, 2.05) is 0 Å². The Morgan fingerprint density at radius 1 is 1.03 bits per heavy atom. The van der Waals surface area contributed by atoms with Gasteiger partial charge in [0.25, 0.3) is 5.69 Å². The van der Waals surface area contributed by atoms with Crippen molar-refractivity contribution in [2.24, 2.45) is 5.73 Å². The normalized spacial score (nSPS) is 12.9. The number of nitro groups is 1. The van der Waals surface area contributed by atoms with Crippen molar-refractivity contribution < 1.29 is 38.7 Å². The summed E-state index contributed by atoms with van der Waals surface area (Å²) < 4.78 is 9.99. The molecular weight excluding hydrogens is 488 g/mol. The number of amides is 3. The Kier molecular flexibility index (Phi) is 11.0. The Labute approximate surface area is 212 Å². The molecule has 3 atom stereocenters. The molecule has 0 heterocycles. The van der Waals surface area contributed by atoms with Crippen LogP contribution >= 0.6 is 0 Å². The first kappa shape index (κ1) is 28.7. The fraction of sp³-hybridized carbons (Fsp3) is 0.333. The van der Waals surface area contributed by atoms with Gasteiger partial charge in [-0.15, -0.1) is 0 Å². The molecule has 0 radical (unpaired) electrons. The number of nitrogens with zero attached hydrogens (tertiary/aromatic N) is 1. The highest BCUT2D eigenvalue weighted by molar-refractivity contribution is 5.91. The molecule has 0 aliphatic rings. The van der Waals surface area contributed by atoms with Crippen LogP contribution in [0.4, 0.5) is 10.5 Å². The molecule has 2 aromatic carbocycles. The second kappa shape index (κ2) is 14.1. The average Bonchev–Trinajstić information content (AvgIpc) is 2.88. The number of ether oxygens (including phenoxy) is 2. The monoisotopic (exact) mass is 516 g/mol. The van der Waals surface area contributed by atoms with Crippen molar-refractivity contribution in [3.8, 4) is 0 Å². The minimum absolute atomic E-state index is 0.0566. The third kappa shape index (κ3) is 8.89. The van der Waals surface area contributed by atoms with Crippen LogP contribution in [0.5, 0.6) is 0 Å². The van der Waals surface area contributed by atoms with Gasteiger partial charge in [-0.1, -0.05) is 42.5 Å². The van der Waals surface area contributed by atoms with Gasteiger partial charge in [0.05, 0.1) is 24.6 Å². The van der Waals surface area contributed by atoms with E-state index in [0.29, 0.717) is 11.1 Å². The molecular formula is C24H28N4O9. The summed E-state index contributed by atoms with van der Waals surface area (Å²) in [6.07, 6.45) is -1.39. The van der Waals surface area contributed by atoms with Gasteiger partial charge in [0.1, 0.15) is 18.7 Å². The molecule has 0 bridgehead atoms. The van der Waals surface area contributed by atoms with Crippen LogP contribution in [-0.2, 0) is 30.5 Å². The van der Waals surface area contributed by atoms with Crippen molar-refractivity contribution in [3.05, 3.63) is 75.8 Å². The maximum Gasteiger partial charge on any atom is 0.408 e. The van der Waals surface area contributed by atoms with Gasteiger partial charge in [0.15, 0.2) is 0 Å². The molecule has 2 rings (SSSR count). The summed E-state index contributed by atoms with van der Waals surface area (Å²) >= 11 is 0. The highest BCUT2D eigenvalue weighted by atomic mass is 16.6. The Morgan fingerprint density at radius 3 is 2.22 bits per heavy atom. The van der Waals surface area contributed by atoms with Crippen molar-refractivity contribution in [2.45, 2.75) is 38.0 Å². The molecule has 0 aliphatic carbocycles. The van der Waals surface area contributed by atoms with Crippen LogP contribution < -0.4 is 16.4 Å². The summed E-state index contributed by atoms with van der Waals surface area (Å²) in [5.41, 5.74) is 6.28. The number of rotatable bonds is 13. The SMILES string of the molecule is CCOC(=O)C[C@@H](c1ccc([N+](=O)[O-])cc1)[C@H](NC(=O)[C@H](CO)NC(=O)OCc1ccccc1)C(N)=O. The zero-order valence-electron chi connectivity index (χ0n) is 20.0. The molecule has 198 valence electrons. The van der Waals surface area contributed by atoms with Gasteiger partial charge in [-0.3, -0.25) is 24.5 Å². The number of hydrogen-bond donors (Lipinski definition) is 4. The molecule has 0 saturated carbocycles. The number of nitrogens with two attached hydrogens (primary N) is 1. The van der Waals surface area contributed by atoms with E-state index in [1.54, 1.807) is 37.3 Å². The van der Waals surface area contributed by atoms with Crippen molar-refractivity contribution in [2.75, 3.05) is 13.2 Å². The number of aliphatic hydroxyl groups is 1. The van der Waals surface area contributed by atoms with E-state index in [4.69, 9.17) is 15.2 Å². The number of primary amides is 1. The van der Waals surface area contributed by atoms with Crippen LogP contribution in [0.25, 0.3) is 0 Å². The zero-order chi connectivity index (χ0) is 27.4. The van der Waals surface area contributed by atoms with E-state index in [-0.39, 0.29) is 18.9 Å². The molecule has 0 saturated heterocycles. The molecule has 13 nitrogen and oxygen atoms in total. The second-order valence-corrected chi connectivity index (χ2v) is 7.79. The number of hydrogen-bond acceptors (Lipinski definition) is 9. The first-order valence-electron chi connectivity index (χ1n) is 11.2. The molecule has 37 heavy (non-hydrogen) atoms. The van der Waals surface area contributed by atoms with Gasteiger partial charge in [0.2, 0.25) is 11.8 Å². The van der Waals surface area contributed by atoms with Crippen molar-refractivity contribution in [1.82, 2.24) is 10.6 Å². The van der Waals surface area contributed by atoms with Crippen molar-refractivity contribution in [1.29, 1.82) is 0 Å². The van der Waals surface area contributed by atoms with E-state index < -0.39 is 59.8 Å². The number of benzene rings is 2. The van der Waals surface area contributed by atoms with Gasteiger partial charge >= 0.3 is 12.1 Å². The molecule has 0 unspecified atom stereocenters. The minimum atomic E-state index is -1.51. The fourth-order valence-electron chi connectivity index (χ4n) is 3.40. The number of aliphatic hydroxyl groups excluding tert-OH is 1. The highest BCUT2D eigenvalue weighted by Crippen LogP contribution is 2.26. The predicted molar refractivity (Wildman–Crippen MR) is 129 cm³/mol. The molecule has 2 aromatic rings. The van der Waals surface area contributed by atoms with Crippen LogP contribution in [0.15, 0.2) is 54.6 Å². The number of carbonyl (C=O) groups is 4. The van der Waals surface area contributed by atoms with Crippen molar-refractivity contribution in [3.63, 3.8) is 0 Å². The highest BCUT2D eigenvalue weighted by Gasteiger charge is 2.34. The van der Waals surface area contributed by atoms with E-state index in [2.05, 4.69) is 10.6 Å². The van der Waals surface area contributed by atoms with Crippen LogP contribution in [-0.4, -0.2) is 59.2 Å². The van der Waals surface area contributed by atoms with Gasteiger partial charge in [0, 0.05) is 18.1 Å². The molecule has 13 heteroatoms. The Hall–Kier alpha value is -4.52. The van der Waals surface area contributed by atoms with E-state index in [0.717, 1.165) is 0 Å². The molecule has 0 spiro atoms. The Balaban J connectivity index is 2.18. The largest absolute Gasteiger partial charge is 0.466 e. The summed E-state index contributed by atoms with van der Waals surface area (Å²) in [6, 6.07) is 10.7. The average molecular weight is 517 g/mol. The third-order valence-electron chi connectivity index (χ3n) is 5.23. The van der Waals surface area contributed by atoms with E-state index in [1.165, 1.54) is 24.3 Å². The standard InChI is InChI=1S/C24H28N4O9/c1-2-36-20(30)12-18(16-8-10-17(11-9-16)28(34)35)21(22(25)31)27-23(32)19(13-29)26-24(33)37-14-15-6-4-3-5-7-15/h3-11,18-19,21,29H,2,12-14H2,1H3,(H2,25,31)(H,26,33)(H,27,32)/t18-,19-,21-/m0/s1. The maximum atomic E-state index is 12.8. The number of non-ortho nitro benzene ring substituents is 1. The van der Waals surface area contributed by atoms with Crippen LogP contribution in [0.1, 0.15) is 30.4 Å². The number of nitrogens with one attached hydrogen (secondary N) is 2.